The van der Waals surface area contributed by atoms with E-state index in [1.54, 1.807) is 0 Å². The van der Waals surface area contributed by atoms with Gasteiger partial charge in [-0.15, -0.1) is 0 Å². The maximum absolute atomic E-state index is 3.73. The van der Waals surface area contributed by atoms with E-state index in [4.69, 9.17) is 0 Å². The van der Waals surface area contributed by atoms with Crippen molar-refractivity contribution in [2.45, 2.75) is 92.8 Å². The van der Waals surface area contributed by atoms with E-state index in [0.717, 1.165) is 41.9 Å². The van der Waals surface area contributed by atoms with Gasteiger partial charge in [0.25, 0.3) is 0 Å². The van der Waals surface area contributed by atoms with Crippen LogP contribution in [0.1, 0.15) is 95.7 Å². The van der Waals surface area contributed by atoms with Crippen molar-refractivity contribution < 1.29 is 0 Å². The Labute approximate surface area is 336 Å². The average molecular weight is 742 g/mol. The molecule has 57 heavy (non-hydrogen) atoms. The van der Waals surface area contributed by atoms with E-state index in [1.807, 2.05) is 0 Å². The second kappa shape index (κ2) is 13.5. The van der Waals surface area contributed by atoms with Crippen molar-refractivity contribution in [1.82, 2.24) is 13.7 Å². The molecule has 9 aromatic rings. The van der Waals surface area contributed by atoms with Gasteiger partial charge in [-0.05, 0) is 116 Å². The first-order valence-electron chi connectivity index (χ1n) is 20.6. The minimum Gasteiger partial charge on any atom is -0.341 e. The van der Waals surface area contributed by atoms with Crippen LogP contribution in [0.5, 0.6) is 0 Å². The zero-order chi connectivity index (χ0) is 39.8. The molecule has 0 saturated heterocycles. The van der Waals surface area contributed by atoms with Gasteiger partial charge in [0.05, 0.1) is 11.0 Å². The number of hydrogen-bond donors (Lipinski definition) is 0. The number of fused-ring (bicyclic) bond motifs is 9. The molecule has 3 nitrogen and oxygen atoms in total. The number of nitrogens with zero attached hydrogens (tertiary/aromatic N) is 3. The van der Waals surface area contributed by atoms with Crippen molar-refractivity contribution in [3.63, 3.8) is 0 Å². The van der Waals surface area contributed by atoms with Crippen LogP contribution in [0, 0.1) is 23.7 Å². The first-order valence-corrected chi connectivity index (χ1v) is 20.6. The molecule has 0 atom stereocenters. The van der Waals surface area contributed by atoms with Crippen LogP contribution in [0.3, 0.4) is 0 Å². The maximum atomic E-state index is 3.73. The zero-order valence-corrected chi connectivity index (χ0v) is 34.9. The number of aryl methyl sites for hydroxylation is 3. The summed E-state index contributed by atoms with van der Waals surface area (Å²) < 4.78 is 7.26. The van der Waals surface area contributed by atoms with E-state index in [-0.39, 0.29) is 10.8 Å². The summed E-state index contributed by atoms with van der Waals surface area (Å²) in [6.07, 6.45) is 0. The van der Waals surface area contributed by atoms with Gasteiger partial charge in [-0.25, -0.2) is 0 Å². The molecule has 3 aromatic heterocycles. The molecule has 0 aliphatic heterocycles. The quantitative estimate of drug-likeness (QED) is 0.160. The number of hydrogen-bond acceptors (Lipinski definition) is 0. The van der Waals surface area contributed by atoms with Crippen LogP contribution < -0.4 is 0 Å². The van der Waals surface area contributed by atoms with E-state index in [0.29, 0.717) is 0 Å². The molecule has 0 radical (unpaired) electrons. The van der Waals surface area contributed by atoms with Crippen LogP contribution in [0.15, 0.2) is 109 Å². The lowest BCUT2D eigenvalue weighted by Crippen LogP contribution is -2.11. The second-order valence-electron chi connectivity index (χ2n) is 17.6. The largest absolute Gasteiger partial charge is 0.341 e. The van der Waals surface area contributed by atoms with Gasteiger partial charge in [0.2, 0.25) is 0 Å². The second-order valence-corrected chi connectivity index (χ2v) is 17.6. The molecular weight excluding hydrogens is 691 g/mol. The standard InChI is InChI=1S/C54H51N3/c1-10-55-47-19-15-13-17-41(47)43-29-35(23-27-49(43)55)21-25-37-31-39(53(4,5)6)33-45-46-34-40(54(7,8)9)32-38(52(46)57(12-3)51(37)45)26-22-36-24-28-50-44(30-36)42-18-14-16-20-48(42)56(50)11-2/h13-20,23-24,27-34H,10-12H2,1-9H3. The summed E-state index contributed by atoms with van der Waals surface area (Å²) in [5.74, 6) is 14.7. The molecule has 0 amide bonds. The van der Waals surface area contributed by atoms with Gasteiger partial charge in [-0.2, -0.15) is 0 Å². The molecule has 6 aromatic carbocycles. The lowest BCUT2D eigenvalue weighted by Gasteiger charge is -2.20. The van der Waals surface area contributed by atoms with Gasteiger partial charge in [0.1, 0.15) is 0 Å². The Balaban J connectivity index is 1.27. The minimum absolute atomic E-state index is 0.0596. The third-order valence-corrected chi connectivity index (χ3v) is 12.0. The van der Waals surface area contributed by atoms with Crippen molar-refractivity contribution in [1.29, 1.82) is 0 Å². The SMILES string of the molecule is CCn1c2ccccc2c2cc(C#Cc3cc(C(C)(C)C)cc4c5cc(C(C)(C)C)cc(C#Cc6ccc7c(c6)c6ccccc6n7CC)c5n(CC)c34)ccc21. The van der Waals surface area contributed by atoms with Gasteiger partial charge in [0.15, 0.2) is 0 Å². The predicted octanol–water partition coefficient (Wildman–Crippen LogP) is 13.5. The van der Waals surface area contributed by atoms with E-state index in [2.05, 4.69) is 209 Å². The summed E-state index contributed by atoms with van der Waals surface area (Å²) in [5, 5.41) is 7.54. The number of rotatable bonds is 3. The third kappa shape index (κ3) is 6.00. The van der Waals surface area contributed by atoms with Crippen LogP contribution in [0.4, 0.5) is 0 Å². The smallest absolute Gasteiger partial charge is 0.0650 e. The van der Waals surface area contributed by atoms with Crippen molar-refractivity contribution in [2.24, 2.45) is 0 Å². The Morgan fingerprint density at radius 1 is 0.386 bits per heavy atom. The Morgan fingerprint density at radius 3 is 1.16 bits per heavy atom. The molecule has 0 unspecified atom stereocenters. The fourth-order valence-electron chi connectivity index (χ4n) is 8.97. The van der Waals surface area contributed by atoms with Crippen molar-refractivity contribution >= 4 is 65.4 Å². The van der Waals surface area contributed by atoms with Crippen LogP contribution in [0.25, 0.3) is 65.4 Å². The van der Waals surface area contributed by atoms with Gasteiger partial charge in [-0.1, -0.05) is 102 Å². The summed E-state index contributed by atoms with van der Waals surface area (Å²) in [4.78, 5) is 0. The van der Waals surface area contributed by atoms with Crippen molar-refractivity contribution in [2.75, 3.05) is 0 Å². The predicted molar refractivity (Wildman–Crippen MR) is 245 cm³/mol. The number of benzene rings is 6. The summed E-state index contributed by atoms with van der Waals surface area (Å²) in [5.41, 5.74) is 14.0. The number of para-hydroxylation sites is 2. The summed E-state index contributed by atoms with van der Waals surface area (Å²) >= 11 is 0. The summed E-state index contributed by atoms with van der Waals surface area (Å²) in [7, 11) is 0. The van der Waals surface area contributed by atoms with Gasteiger partial charge >= 0.3 is 0 Å². The van der Waals surface area contributed by atoms with E-state index in [1.165, 1.54) is 76.5 Å². The monoisotopic (exact) mass is 741 g/mol. The highest BCUT2D eigenvalue weighted by Crippen LogP contribution is 2.40. The molecule has 0 bridgehead atoms. The van der Waals surface area contributed by atoms with Gasteiger partial charge in [0, 0.05) is 96.3 Å². The fourth-order valence-corrected chi connectivity index (χ4v) is 8.97. The highest BCUT2D eigenvalue weighted by atomic mass is 15.0. The molecule has 0 aliphatic carbocycles. The average Bonchev–Trinajstić information content (AvgIpc) is 3.83. The fraction of sp³-hybridized carbons (Fsp3) is 0.259. The normalized spacial score (nSPS) is 12.2. The molecular formula is C54H51N3. The first kappa shape index (κ1) is 36.5. The Kier molecular flexibility index (Phi) is 8.64. The zero-order valence-electron chi connectivity index (χ0n) is 34.9. The minimum atomic E-state index is -0.0596. The molecule has 3 heterocycles. The first-order chi connectivity index (χ1) is 27.4. The highest BCUT2D eigenvalue weighted by Gasteiger charge is 2.24. The molecule has 3 heteroatoms. The summed E-state index contributed by atoms with van der Waals surface area (Å²) in [6, 6.07) is 40.3. The maximum Gasteiger partial charge on any atom is 0.0650 e. The lowest BCUT2D eigenvalue weighted by molar-refractivity contribution is 0.590. The van der Waals surface area contributed by atoms with E-state index in [9.17, 15) is 0 Å². The van der Waals surface area contributed by atoms with Crippen LogP contribution in [-0.4, -0.2) is 13.7 Å². The molecule has 9 rings (SSSR count). The van der Waals surface area contributed by atoms with E-state index >= 15 is 0 Å². The van der Waals surface area contributed by atoms with Crippen LogP contribution >= 0.6 is 0 Å². The Bertz CT molecular complexity index is 3000. The highest BCUT2D eigenvalue weighted by molar-refractivity contribution is 6.13. The third-order valence-electron chi connectivity index (χ3n) is 12.0. The summed E-state index contributed by atoms with van der Waals surface area (Å²) in [6.45, 7) is 23.1. The van der Waals surface area contributed by atoms with Gasteiger partial charge < -0.3 is 13.7 Å². The molecule has 0 fully saturated rings. The Morgan fingerprint density at radius 2 is 0.772 bits per heavy atom. The molecule has 0 aliphatic rings. The Hall–Kier alpha value is -6.16. The molecule has 0 N–H and O–H groups in total. The molecule has 0 saturated carbocycles. The van der Waals surface area contributed by atoms with Crippen molar-refractivity contribution in [3.8, 4) is 23.7 Å². The lowest BCUT2D eigenvalue weighted by atomic mass is 9.83. The topological polar surface area (TPSA) is 14.8 Å². The molecule has 0 spiro atoms. The van der Waals surface area contributed by atoms with E-state index < -0.39 is 0 Å². The van der Waals surface area contributed by atoms with Crippen LogP contribution in [0.2, 0.25) is 0 Å². The molecule has 282 valence electrons. The van der Waals surface area contributed by atoms with Gasteiger partial charge in [-0.3, -0.25) is 0 Å². The van der Waals surface area contributed by atoms with Crippen molar-refractivity contribution in [3.05, 3.63) is 143 Å². The number of aromatic nitrogens is 3. The van der Waals surface area contributed by atoms with Crippen LogP contribution in [-0.2, 0) is 30.5 Å².